The van der Waals surface area contributed by atoms with Gasteiger partial charge in [0.15, 0.2) is 0 Å². The zero-order chi connectivity index (χ0) is 12.3. The van der Waals surface area contributed by atoms with E-state index in [1.807, 2.05) is 6.92 Å². The van der Waals surface area contributed by atoms with Gasteiger partial charge < -0.3 is 15.3 Å². The maximum atomic E-state index is 11.8. The smallest absolute Gasteiger partial charge is 0.252 e. The first-order valence-electron chi connectivity index (χ1n) is 5.15. The number of nitrogens with one attached hydrogen (secondary N) is 3. The summed E-state index contributed by atoms with van der Waals surface area (Å²) in [6, 6.07) is 2.56. The van der Waals surface area contributed by atoms with Gasteiger partial charge in [0.1, 0.15) is 5.82 Å². The number of carbonyl (C=O) groups is 1. The first-order valence-corrected chi connectivity index (χ1v) is 5.15. The molecular formula is C11H12N4O2. The number of imidazole rings is 1. The van der Waals surface area contributed by atoms with Crippen molar-refractivity contribution in [2.75, 3.05) is 0 Å². The number of nitrogens with zero attached hydrogens (tertiary/aromatic N) is 1. The van der Waals surface area contributed by atoms with Crippen LogP contribution in [0.25, 0.3) is 0 Å². The quantitative estimate of drug-likeness (QED) is 0.723. The van der Waals surface area contributed by atoms with E-state index >= 15 is 0 Å². The molecule has 17 heavy (non-hydrogen) atoms. The van der Waals surface area contributed by atoms with Crippen LogP contribution in [0.15, 0.2) is 35.5 Å². The molecule has 6 nitrogen and oxygen atoms in total. The Morgan fingerprint density at radius 3 is 2.88 bits per heavy atom. The normalized spacial score (nSPS) is 12.1. The molecule has 0 radical (unpaired) electrons. The Kier molecular flexibility index (Phi) is 3.04. The van der Waals surface area contributed by atoms with Crippen molar-refractivity contribution in [2.45, 2.75) is 13.0 Å². The molecule has 1 unspecified atom stereocenters. The van der Waals surface area contributed by atoms with Gasteiger partial charge in [-0.05, 0) is 13.0 Å². The summed E-state index contributed by atoms with van der Waals surface area (Å²) in [4.78, 5) is 32.3. The zero-order valence-corrected chi connectivity index (χ0v) is 9.23. The van der Waals surface area contributed by atoms with Crippen molar-refractivity contribution in [1.29, 1.82) is 0 Å². The van der Waals surface area contributed by atoms with E-state index in [2.05, 4.69) is 20.3 Å². The van der Waals surface area contributed by atoms with Crippen molar-refractivity contribution in [3.8, 4) is 0 Å². The summed E-state index contributed by atoms with van der Waals surface area (Å²) in [5.74, 6) is 0.364. The van der Waals surface area contributed by atoms with Gasteiger partial charge in [-0.25, -0.2) is 4.98 Å². The first-order chi connectivity index (χ1) is 8.16. The fourth-order valence-electron chi connectivity index (χ4n) is 1.45. The molecule has 1 atom stereocenters. The lowest BCUT2D eigenvalue weighted by Crippen LogP contribution is -2.28. The number of rotatable bonds is 3. The van der Waals surface area contributed by atoms with E-state index < -0.39 is 0 Å². The van der Waals surface area contributed by atoms with Crippen LogP contribution >= 0.6 is 0 Å². The van der Waals surface area contributed by atoms with Crippen LogP contribution < -0.4 is 10.9 Å². The molecule has 3 N–H and O–H groups in total. The molecule has 0 bridgehead atoms. The van der Waals surface area contributed by atoms with Crippen molar-refractivity contribution >= 4 is 5.91 Å². The molecule has 2 aromatic rings. The summed E-state index contributed by atoms with van der Waals surface area (Å²) in [7, 11) is 0. The van der Waals surface area contributed by atoms with Crippen molar-refractivity contribution < 1.29 is 4.79 Å². The van der Waals surface area contributed by atoms with E-state index in [1.54, 1.807) is 18.5 Å². The first kappa shape index (κ1) is 11.1. The van der Waals surface area contributed by atoms with Crippen molar-refractivity contribution in [2.24, 2.45) is 0 Å². The van der Waals surface area contributed by atoms with E-state index in [0.717, 1.165) is 0 Å². The number of amides is 1. The van der Waals surface area contributed by atoms with Crippen LogP contribution in [-0.2, 0) is 0 Å². The highest BCUT2D eigenvalue weighted by Gasteiger charge is 2.12. The summed E-state index contributed by atoms with van der Waals surface area (Å²) < 4.78 is 0. The minimum atomic E-state index is -0.306. The largest absolute Gasteiger partial charge is 0.347 e. The van der Waals surface area contributed by atoms with Crippen LogP contribution in [0.4, 0.5) is 0 Å². The summed E-state index contributed by atoms with van der Waals surface area (Å²) >= 11 is 0. The Morgan fingerprint density at radius 1 is 1.41 bits per heavy atom. The molecule has 2 rings (SSSR count). The number of hydrogen-bond acceptors (Lipinski definition) is 3. The molecule has 2 aromatic heterocycles. The number of aromatic amines is 2. The Labute approximate surface area is 97.1 Å². The van der Waals surface area contributed by atoms with Gasteiger partial charge in [0.25, 0.3) is 5.91 Å². The van der Waals surface area contributed by atoms with Crippen LogP contribution in [0, 0.1) is 0 Å². The van der Waals surface area contributed by atoms with E-state index in [1.165, 1.54) is 12.3 Å². The maximum Gasteiger partial charge on any atom is 0.252 e. The highest BCUT2D eigenvalue weighted by molar-refractivity contribution is 5.94. The standard InChI is InChI=1S/C11H12N4O2/c1-7(10-13-4-5-14-10)15-11(17)8-2-3-12-9(16)6-8/h2-7H,1H3,(H,12,16)(H,13,14)(H,15,17). The SMILES string of the molecule is CC(NC(=O)c1cc[nH]c(=O)c1)c1ncc[nH]1. The number of pyridine rings is 1. The Morgan fingerprint density at radius 2 is 2.24 bits per heavy atom. The van der Waals surface area contributed by atoms with Crippen LogP contribution in [-0.4, -0.2) is 20.9 Å². The molecule has 0 aliphatic carbocycles. The summed E-state index contributed by atoms with van der Waals surface area (Å²) in [6.07, 6.45) is 4.74. The zero-order valence-electron chi connectivity index (χ0n) is 9.23. The molecule has 0 fully saturated rings. The molecule has 0 aliphatic rings. The third-order valence-corrected chi connectivity index (χ3v) is 2.31. The predicted molar refractivity (Wildman–Crippen MR) is 61.5 cm³/mol. The van der Waals surface area contributed by atoms with Crippen LogP contribution in [0.1, 0.15) is 29.1 Å². The molecule has 1 amide bonds. The Hall–Kier alpha value is -2.37. The van der Waals surface area contributed by atoms with E-state index in [9.17, 15) is 9.59 Å². The maximum absolute atomic E-state index is 11.8. The van der Waals surface area contributed by atoms with Crippen molar-refractivity contribution in [1.82, 2.24) is 20.3 Å². The third-order valence-electron chi connectivity index (χ3n) is 2.31. The van der Waals surface area contributed by atoms with E-state index in [-0.39, 0.29) is 17.5 Å². The van der Waals surface area contributed by atoms with Crippen LogP contribution in [0.5, 0.6) is 0 Å². The minimum Gasteiger partial charge on any atom is -0.347 e. The van der Waals surface area contributed by atoms with Gasteiger partial charge in [0, 0.05) is 30.2 Å². The summed E-state index contributed by atoms with van der Waals surface area (Å²) in [6.45, 7) is 1.81. The van der Waals surface area contributed by atoms with Gasteiger partial charge in [0.2, 0.25) is 5.56 Å². The Bertz CT molecular complexity index is 559. The van der Waals surface area contributed by atoms with E-state index in [4.69, 9.17) is 0 Å². The second kappa shape index (κ2) is 4.65. The molecule has 0 aliphatic heterocycles. The third kappa shape index (κ3) is 2.60. The van der Waals surface area contributed by atoms with Gasteiger partial charge in [-0.15, -0.1) is 0 Å². The lowest BCUT2D eigenvalue weighted by atomic mass is 10.2. The number of hydrogen-bond donors (Lipinski definition) is 3. The summed E-state index contributed by atoms with van der Waals surface area (Å²) in [5.41, 5.74) is 0.0236. The fraction of sp³-hybridized carbons (Fsp3) is 0.182. The average molecular weight is 232 g/mol. The molecule has 6 heteroatoms. The van der Waals surface area contributed by atoms with Gasteiger partial charge in [0.05, 0.1) is 6.04 Å². The van der Waals surface area contributed by atoms with Crippen LogP contribution in [0.2, 0.25) is 0 Å². The van der Waals surface area contributed by atoms with Crippen molar-refractivity contribution in [3.05, 3.63) is 52.5 Å². The Balaban J connectivity index is 2.10. The van der Waals surface area contributed by atoms with Crippen molar-refractivity contribution in [3.63, 3.8) is 0 Å². The number of aromatic nitrogens is 3. The van der Waals surface area contributed by atoms with Gasteiger partial charge in [-0.3, -0.25) is 9.59 Å². The molecule has 0 spiro atoms. The topological polar surface area (TPSA) is 90.6 Å². The monoisotopic (exact) mass is 232 g/mol. The molecule has 0 saturated carbocycles. The van der Waals surface area contributed by atoms with Crippen LogP contribution in [0.3, 0.4) is 0 Å². The molecule has 2 heterocycles. The van der Waals surface area contributed by atoms with Gasteiger partial charge in [-0.2, -0.15) is 0 Å². The molecular weight excluding hydrogens is 220 g/mol. The second-order valence-corrected chi connectivity index (χ2v) is 3.61. The van der Waals surface area contributed by atoms with Gasteiger partial charge in [-0.1, -0.05) is 0 Å². The highest BCUT2D eigenvalue weighted by atomic mass is 16.2. The summed E-state index contributed by atoms with van der Waals surface area (Å²) in [5, 5.41) is 2.74. The molecule has 0 aromatic carbocycles. The van der Waals surface area contributed by atoms with E-state index in [0.29, 0.717) is 11.4 Å². The average Bonchev–Trinajstić information content (AvgIpc) is 2.82. The minimum absolute atomic E-state index is 0.239. The lowest BCUT2D eigenvalue weighted by molar-refractivity contribution is 0.0938. The number of H-pyrrole nitrogens is 2. The molecule has 0 saturated heterocycles. The number of carbonyl (C=O) groups excluding carboxylic acids is 1. The lowest BCUT2D eigenvalue weighted by Gasteiger charge is -2.10. The fourth-order valence-corrected chi connectivity index (χ4v) is 1.45. The predicted octanol–water partition coefficient (Wildman–Crippen LogP) is 0.589. The molecule has 88 valence electrons. The second-order valence-electron chi connectivity index (χ2n) is 3.61. The van der Waals surface area contributed by atoms with Gasteiger partial charge >= 0.3 is 0 Å². The highest BCUT2D eigenvalue weighted by Crippen LogP contribution is 2.06.